The Hall–Kier alpha value is -3.46. The zero-order valence-corrected chi connectivity index (χ0v) is 21.3. The van der Waals surface area contributed by atoms with Gasteiger partial charge in [0.05, 0.1) is 16.8 Å². The minimum Gasteiger partial charge on any atom is -0.359 e. The fourth-order valence-corrected chi connectivity index (χ4v) is 9.43. The van der Waals surface area contributed by atoms with Crippen LogP contribution in [0.1, 0.15) is 52.6 Å². The molecule has 5 heteroatoms. The molecule has 0 aliphatic carbocycles. The van der Waals surface area contributed by atoms with Gasteiger partial charge in [0.15, 0.2) is 0 Å². The Morgan fingerprint density at radius 1 is 0.686 bits per heavy atom. The highest BCUT2D eigenvalue weighted by Gasteiger charge is 2.44. The van der Waals surface area contributed by atoms with E-state index in [1.165, 1.54) is 4.90 Å². The molecular formula is C30H28NO3P. The maximum absolute atomic E-state index is 13.4. The molecular weight excluding hydrogens is 453 g/mol. The zero-order valence-electron chi connectivity index (χ0n) is 20.4. The largest absolute Gasteiger partial charge is 0.359 e. The van der Waals surface area contributed by atoms with Gasteiger partial charge in [-0.3, -0.25) is 9.59 Å². The zero-order chi connectivity index (χ0) is 24.8. The van der Waals surface area contributed by atoms with Crippen LogP contribution < -0.4 is 0 Å². The number of imide groups is 1. The Labute approximate surface area is 206 Å². The van der Waals surface area contributed by atoms with Gasteiger partial charge in [-0.1, -0.05) is 93.6 Å². The second-order valence-electron chi connectivity index (χ2n) is 9.67. The predicted molar refractivity (Wildman–Crippen MR) is 144 cm³/mol. The average molecular weight is 482 g/mol. The van der Waals surface area contributed by atoms with Crippen LogP contribution in [0.4, 0.5) is 0 Å². The van der Waals surface area contributed by atoms with Crippen molar-refractivity contribution >= 4 is 29.5 Å². The van der Waals surface area contributed by atoms with Crippen LogP contribution in [0.5, 0.6) is 0 Å². The lowest BCUT2D eigenvalue weighted by molar-refractivity contribution is 0.0710. The maximum Gasteiger partial charge on any atom is 0.266 e. The molecule has 2 amide bonds. The number of carbonyl (C=O) groups is 2. The van der Waals surface area contributed by atoms with Gasteiger partial charge in [-0.05, 0) is 35.4 Å². The van der Waals surface area contributed by atoms with E-state index in [2.05, 4.69) is 45.0 Å². The number of hydrogen-bond donors (Lipinski definition) is 0. The summed E-state index contributed by atoms with van der Waals surface area (Å²) in [6, 6.07) is 27.3. The van der Waals surface area contributed by atoms with Crippen LogP contribution in [0.3, 0.4) is 0 Å². The smallest absolute Gasteiger partial charge is 0.266 e. The number of hydrogen-bond acceptors (Lipinski definition) is 3. The van der Waals surface area contributed by atoms with E-state index < -0.39 is 7.11 Å². The molecule has 1 atom stereocenters. The van der Waals surface area contributed by atoms with Crippen LogP contribution in [-0.2, 0) is 4.52 Å². The molecule has 0 fully saturated rings. The van der Waals surface area contributed by atoms with Crippen LogP contribution >= 0.6 is 7.11 Å². The summed E-state index contributed by atoms with van der Waals surface area (Å²) in [4.78, 5) is 28.2. The van der Waals surface area contributed by atoms with E-state index in [4.69, 9.17) is 4.52 Å². The molecule has 0 saturated heterocycles. The molecule has 2 aliphatic rings. The fourth-order valence-electron chi connectivity index (χ4n) is 5.13. The second kappa shape index (κ2) is 8.64. The number of carbonyl (C=O) groups excluding carboxylic acids is 2. The van der Waals surface area contributed by atoms with Gasteiger partial charge in [-0.15, -0.1) is 0 Å². The van der Waals surface area contributed by atoms with Crippen molar-refractivity contribution in [2.75, 3.05) is 7.11 Å². The van der Waals surface area contributed by atoms with Crippen molar-refractivity contribution in [2.45, 2.75) is 25.9 Å². The first-order valence-corrected chi connectivity index (χ1v) is 13.4. The van der Waals surface area contributed by atoms with E-state index in [1.54, 1.807) is 31.4 Å². The lowest BCUT2D eigenvalue weighted by Gasteiger charge is -2.43. The first kappa shape index (κ1) is 23.3. The highest BCUT2D eigenvalue weighted by atomic mass is 31.2. The molecule has 1 unspecified atom stereocenters. The molecule has 35 heavy (non-hydrogen) atoms. The second-order valence-corrected chi connectivity index (χ2v) is 13.6. The summed E-state index contributed by atoms with van der Waals surface area (Å²) >= 11 is 0. The normalized spacial score (nSPS) is 20.0. The topological polar surface area (TPSA) is 46.6 Å². The molecule has 3 aromatic rings. The molecule has 0 saturated carbocycles. The standard InChI is InChI=1S/C30H28NO3P/c1-30(2,3)35(34-4)26(21-13-7-5-8-14-21)19-23(20-27(35)22-15-9-6-10-16-22)31-28(32)24-17-11-12-18-25(24)29(31)33/h5-20H,1-4H3. The third-order valence-corrected chi connectivity index (χ3v) is 11.2. The van der Waals surface area contributed by atoms with Gasteiger partial charge >= 0.3 is 0 Å². The van der Waals surface area contributed by atoms with Crippen molar-refractivity contribution in [2.24, 2.45) is 0 Å². The van der Waals surface area contributed by atoms with Crippen molar-refractivity contribution in [3.63, 3.8) is 0 Å². The molecule has 4 nitrogen and oxygen atoms in total. The van der Waals surface area contributed by atoms with Gasteiger partial charge < -0.3 is 4.52 Å². The summed E-state index contributed by atoms with van der Waals surface area (Å²) in [7, 11) is -0.680. The minimum atomic E-state index is -2.46. The summed E-state index contributed by atoms with van der Waals surface area (Å²) in [5.41, 5.74) is 3.47. The van der Waals surface area contributed by atoms with Crippen molar-refractivity contribution in [3.05, 3.63) is 125 Å². The van der Waals surface area contributed by atoms with E-state index in [0.29, 0.717) is 16.8 Å². The average Bonchev–Trinajstić information content (AvgIpc) is 3.13. The van der Waals surface area contributed by atoms with Crippen molar-refractivity contribution in [1.82, 2.24) is 4.90 Å². The van der Waals surface area contributed by atoms with E-state index >= 15 is 0 Å². The number of nitrogens with zero attached hydrogens (tertiary/aromatic N) is 1. The first-order valence-electron chi connectivity index (χ1n) is 11.6. The number of allylic oxidation sites excluding steroid dienone is 2. The number of amides is 2. The van der Waals surface area contributed by atoms with Gasteiger partial charge in [0.25, 0.3) is 11.8 Å². The molecule has 3 aromatic carbocycles. The van der Waals surface area contributed by atoms with Crippen molar-refractivity contribution in [3.8, 4) is 0 Å². The third kappa shape index (κ3) is 3.56. The number of benzene rings is 3. The van der Waals surface area contributed by atoms with E-state index in [9.17, 15) is 9.59 Å². The Balaban J connectivity index is 1.85. The molecule has 2 aliphatic heterocycles. The summed E-state index contributed by atoms with van der Waals surface area (Å²) in [5, 5.41) is 1.78. The molecule has 0 spiro atoms. The van der Waals surface area contributed by atoms with Gasteiger partial charge in [0, 0.05) is 30.0 Å². The van der Waals surface area contributed by atoms with Crippen molar-refractivity contribution in [1.29, 1.82) is 0 Å². The number of rotatable bonds is 4. The summed E-state index contributed by atoms with van der Waals surface area (Å²) in [6.07, 6.45) is 3.98. The van der Waals surface area contributed by atoms with Gasteiger partial charge in [-0.2, -0.15) is 0 Å². The summed E-state index contributed by atoms with van der Waals surface area (Å²) in [6.45, 7) is 6.60. The Bertz CT molecular complexity index is 1410. The molecule has 0 bridgehead atoms. The molecule has 176 valence electrons. The summed E-state index contributed by atoms with van der Waals surface area (Å²) < 4.78 is 6.58. The Morgan fingerprint density at radius 3 is 1.66 bits per heavy atom. The van der Waals surface area contributed by atoms with Crippen LogP contribution in [0.15, 0.2) is 103 Å². The number of fused-ring (bicyclic) bond motifs is 1. The monoisotopic (exact) mass is 481 g/mol. The predicted octanol–water partition coefficient (Wildman–Crippen LogP) is 6.82. The molecule has 0 aromatic heterocycles. The molecule has 0 N–H and O–H groups in total. The fraction of sp³-hybridized carbons (Fsp3) is 0.167. The minimum absolute atomic E-state index is 0.251. The van der Waals surface area contributed by atoms with E-state index in [1.807, 2.05) is 48.6 Å². The van der Waals surface area contributed by atoms with Gasteiger partial charge in [0.1, 0.15) is 0 Å². The van der Waals surface area contributed by atoms with Crippen LogP contribution in [0.2, 0.25) is 0 Å². The SMILES string of the molecule is COP1(C(C)(C)C)=C(c2ccccc2)C=C(N2C(=O)c3ccccc3C2=O)C=C1c1ccccc1. The van der Waals surface area contributed by atoms with E-state index in [-0.39, 0.29) is 17.0 Å². The lowest BCUT2D eigenvalue weighted by Crippen LogP contribution is -2.32. The Kier molecular flexibility index (Phi) is 5.75. The maximum atomic E-state index is 13.4. The molecule has 5 rings (SSSR count). The van der Waals surface area contributed by atoms with Gasteiger partial charge in [0.2, 0.25) is 0 Å². The highest BCUT2D eigenvalue weighted by Crippen LogP contribution is 2.72. The first-order chi connectivity index (χ1) is 16.8. The van der Waals surface area contributed by atoms with Gasteiger partial charge in [-0.25, -0.2) is 4.90 Å². The Morgan fingerprint density at radius 2 is 1.17 bits per heavy atom. The molecule has 0 radical (unpaired) electrons. The van der Waals surface area contributed by atoms with Crippen LogP contribution in [0.25, 0.3) is 5.31 Å². The van der Waals surface area contributed by atoms with Crippen molar-refractivity contribution < 1.29 is 14.1 Å². The van der Waals surface area contributed by atoms with Crippen LogP contribution in [-0.4, -0.2) is 34.3 Å². The van der Waals surface area contributed by atoms with E-state index in [0.717, 1.165) is 21.7 Å². The highest BCUT2D eigenvalue weighted by molar-refractivity contribution is 7.83. The summed E-state index contributed by atoms with van der Waals surface area (Å²) in [5.74, 6) is -0.598. The third-order valence-electron chi connectivity index (χ3n) is 6.66. The van der Waals surface area contributed by atoms with Crippen LogP contribution in [0, 0.1) is 0 Å². The quantitative estimate of drug-likeness (QED) is 0.303. The molecule has 2 heterocycles. The lowest BCUT2D eigenvalue weighted by atomic mass is 10.1.